The lowest BCUT2D eigenvalue weighted by Gasteiger charge is -2.18. The summed E-state index contributed by atoms with van der Waals surface area (Å²) in [5, 5.41) is 0.316. The molecule has 2 aliphatic rings. The summed E-state index contributed by atoms with van der Waals surface area (Å²) in [6, 6.07) is 2.64. The van der Waals surface area contributed by atoms with Gasteiger partial charge in [-0.2, -0.15) is 0 Å². The van der Waals surface area contributed by atoms with E-state index < -0.39 is 5.97 Å². The second kappa shape index (κ2) is 7.23. The van der Waals surface area contributed by atoms with Crippen LogP contribution in [0.3, 0.4) is 0 Å². The minimum atomic E-state index is -0.433. The van der Waals surface area contributed by atoms with E-state index in [-0.39, 0.29) is 12.5 Å². The van der Waals surface area contributed by atoms with Crippen molar-refractivity contribution < 1.29 is 14.3 Å². The van der Waals surface area contributed by atoms with Gasteiger partial charge in [0.15, 0.2) is 5.11 Å². The maximum absolute atomic E-state index is 12.6. The minimum absolute atomic E-state index is 0.0708. The van der Waals surface area contributed by atoms with Crippen LogP contribution in [0.1, 0.15) is 48.7 Å². The zero-order valence-corrected chi connectivity index (χ0v) is 16.6. The van der Waals surface area contributed by atoms with Crippen molar-refractivity contribution in [1.29, 1.82) is 0 Å². The number of nitrogens with zero attached hydrogens (tertiary/aromatic N) is 3. The first-order chi connectivity index (χ1) is 12.3. The fraction of sp³-hybridized carbons (Fsp3) is 0.526. The number of rotatable bonds is 4. The average Bonchev–Trinajstić information content (AvgIpc) is 3.27. The van der Waals surface area contributed by atoms with Crippen LogP contribution in [0.25, 0.3) is 6.08 Å². The molecule has 1 aliphatic carbocycles. The Hall–Kier alpha value is -2.15. The predicted molar refractivity (Wildman–Crippen MR) is 103 cm³/mol. The normalized spacial score (nSPS) is 19.9. The monoisotopic (exact) mass is 375 g/mol. The van der Waals surface area contributed by atoms with Gasteiger partial charge >= 0.3 is 5.97 Å². The zero-order chi connectivity index (χ0) is 19.0. The number of carbonyl (C=O) groups excluding carboxylic acids is 2. The van der Waals surface area contributed by atoms with E-state index in [1.807, 2.05) is 6.08 Å². The number of likely N-dealkylation sites (N-methyl/N-ethyl adjacent to an activating group) is 1. The topological polar surface area (TPSA) is 54.8 Å². The Morgan fingerprint density at radius 1 is 1.35 bits per heavy atom. The highest BCUT2D eigenvalue weighted by atomic mass is 32.1. The number of ether oxygens (including phenoxy) is 1. The maximum atomic E-state index is 12.6. The summed E-state index contributed by atoms with van der Waals surface area (Å²) in [6.07, 6.45) is 6.78. The molecule has 1 aliphatic heterocycles. The Balaban J connectivity index is 1.99. The van der Waals surface area contributed by atoms with E-state index >= 15 is 0 Å². The highest BCUT2D eigenvalue weighted by Crippen LogP contribution is 2.34. The summed E-state index contributed by atoms with van der Waals surface area (Å²) in [7, 11) is 2.95. The Morgan fingerprint density at radius 2 is 2.00 bits per heavy atom. The van der Waals surface area contributed by atoms with Crippen LogP contribution in [0.5, 0.6) is 0 Å². The van der Waals surface area contributed by atoms with Crippen molar-refractivity contribution >= 4 is 35.3 Å². The number of hydrogen-bond acceptors (Lipinski definition) is 4. The quantitative estimate of drug-likeness (QED) is 0.460. The fourth-order valence-corrected chi connectivity index (χ4v) is 4.21. The molecule has 6 nitrogen and oxygen atoms in total. The standard InChI is InChI=1S/C19H25N3O3S/c1-12-9-14(13(2)22(12)15-7-5-6-8-15)10-16-18(24)20(3)19(26)21(16)11-17(23)25-4/h9-10,15H,5-8,11H2,1-4H3/b16-10-. The SMILES string of the molecule is COC(=O)CN1C(=S)N(C)C(=O)/C1=C/c1cc(C)n(C2CCCC2)c1C. The lowest BCUT2D eigenvalue weighted by atomic mass is 10.2. The van der Waals surface area contributed by atoms with E-state index in [1.165, 1.54) is 43.4 Å². The van der Waals surface area contributed by atoms with Crippen LogP contribution < -0.4 is 0 Å². The van der Waals surface area contributed by atoms with E-state index in [1.54, 1.807) is 11.9 Å². The number of amides is 1. The van der Waals surface area contributed by atoms with Crippen molar-refractivity contribution in [2.24, 2.45) is 0 Å². The lowest BCUT2D eigenvalue weighted by Crippen LogP contribution is -2.33. The highest BCUT2D eigenvalue weighted by molar-refractivity contribution is 7.80. The van der Waals surface area contributed by atoms with Gasteiger partial charge in [0.05, 0.1) is 7.11 Å². The van der Waals surface area contributed by atoms with Crippen LogP contribution in [0, 0.1) is 13.8 Å². The molecule has 3 rings (SSSR count). The van der Waals surface area contributed by atoms with Gasteiger partial charge in [-0.05, 0) is 56.6 Å². The molecule has 0 radical (unpaired) electrons. The molecule has 0 bridgehead atoms. The maximum Gasteiger partial charge on any atom is 0.325 e. The van der Waals surface area contributed by atoms with Crippen molar-refractivity contribution in [2.45, 2.75) is 45.6 Å². The van der Waals surface area contributed by atoms with E-state index in [9.17, 15) is 9.59 Å². The first-order valence-corrected chi connectivity index (χ1v) is 9.32. The first-order valence-electron chi connectivity index (χ1n) is 8.91. The molecule has 2 heterocycles. The summed E-state index contributed by atoms with van der Waals surface area (Å²) in [4.78, 5) is 27.3. The molecular weight excluding hydrogens is 350 g/mol. The Morgan fingerprint density at radius 3 is 2.62 bits per heavy atom. The predicted octanol–water partition coefficient (Wildman–Crippen LogP) is 2.79. The number of esters is 1. The first kappa shape index (κ1) is 18.6. The largest absolute Gasteiger partial charge is 0.468 e. The Bertz CT molecular complexity index is 790. The van der Waals surface area contributed by atoms with Gasteiger partial charge in [-0.1, -0.05) is 12.8 Å². The molecule has 1 saturated heterocycles. The summed E-state index contributed by atoms with van der Waals surface area (Å²) >= 11 is 5.33. The third kappa shape index (κ3) is 3.16. The molecule has 7 heteroatoms. The lowest BCUT2D eigenvalue weighted by molar-refractivity contribution is -0.140. The molecule has 2 fully saturated rings. The molecule has 1 saturated carbocycles. The van der Waals surface area contributed by atoms with Gasteiger partial charge < -0.3 is 14.2 Å². The molecule has 0 N–H and O–H groups in total. The molecule has 1 aromatic heterocycles. The third-order valence-electron chi connectivity index (χ3n) is 5.35. The molecule has 1 aromatic rings. The molecule has 26 heavy (non-hydrogen) atoms. The number of aromatic nitrogens is 1. The second-order valence-electron chi connectivity index (χ2n) is 6.97. The van der Waals surface area contributed by atoms with E-state index in [2.05, 4.69) is 24.5 Å². The molecule has 0 spiro atoms. The third-order valence-corrected chi connectivity index (χ3v) is 5.85. The Kier molecular flexibility index (Phi) is 5.18. The fourth-order valence-electron chi connectivity index (χ4n) is 3.96. The smallest absolute Gasteiger partial charge is 0.325 e. The van der Waals surface area contributed by atoms with Gasteiger partial charge in [0.1, 0.15) is 12.2 Å². The van der Waals surface area contributed by atoms with Crippen molar-refractivity contribution in [2.75, 3.05) is 20.7 Å². The summed E-state index contributed by atoms with van der Waals surface area (Å²) < 4.78 is 7.12. The van der Waals surface area contributed by atoms with Gasteiger partial charge in [0.25, 0.3) is 5.91 Å². The average molecular weight is 375 g/mol. The van der Waals surface area contributed by atoms with Crippen molar-refractivity contribution in [3.05, 3.63) is 28.7 Å². The van der Waals surface area contributed by atoms with Gasteiger partial charge in [-0.3, -0.25) is 14.5 Å². The van der Waals surface area contributed by atoms with Crippen LogP contribution in [-0.2, 0) is 14.3 Å². The molecular formula is C19H25N3O3S. The van der Waals surface area contributed by atoms with Crippen LogP contribution >= 0.6 is 12.2 Å². The van der Waals surface area contributed by atoms with E-state index in [0.29, 0.717) is 16.9 Å². The van der Waals surface area contributed by atoms with E-state index in [0.717, 1.165) is 11.3 Å². The summed E-state index contributed by atoms with van der Waals surface area (Å²) in [6.45, 7) is 4.12. The van der Waals surface area contributed by atoms with Gasteiger partial charge in [-0.15, -0.1) is 0 Å². The van der Waals surface area contributed by atoms with Gasteiger partial charge in [0, 0.05) is 24.5 Å². The van der Waals surface area contributed by atoms with Gasteiger partial charge in [-0.25, -0.2) is 0 Å². The number of carbonyl (C=O) groups is 2. The van der Waals surface area contributed by atoms with Crippen LogP contribution in [0.4, 0.5) is 0 Å². The van der Waals surface area contributed by atoms with Crippen LogP contribution in [-0.4, -0.2) is 52.1 Å². The number of methoxy groups -OCH3 is 1. The zero-order valence-electron chi connectivity index (χ0n) is 15.7. The summed E-state index contributed by atoms with van der Waals surface area (Å²) in [5.74, 6) is -0.637. The highest BCUT2D eigenvalue weighted by Gasteiger charge is 2.37. The second-order valence-corrected chi connectivity index (χ2v) is 7.34. The van der Waals surface area contributed by atoms with Crippen LogP contribution in [0.15, 0.2) is 11.8 Å². The van der Waals surface area contributed by atoms with Crippen molar-refractivity contribution in [1.82, 2.24) is 14.4 Å². The molecule has 0 atom stereocenters. The molecule has 0 unspecified atom stereocenters. The number of aryl methyl sites for hydroxylation is 1. The minimum Gasteiger partial charge on any atom is -0.468 e. The number of hydrogen-bond donors (Lipinski definition) is 0. The van der Waals surface area contributed by atoms with E-state index in [4.69, 9.17) is 17.0 Å². The van der Waals surface area contributed by atoms with Crippen LogP contribution in [0.2, 0.25) is 0 Å². The molecule has 0 aromatic carbocycles. The molecule has 140 valence electrons. The Labute approximate surface area is 159 Å². The number of thiocarbonyl (C=S) groups is 1. The van der Waals surface area contributed by atoms with Crippen molar-refractivity contribution in [3.63, 3.8) is 0 Å². The van der Waals surface area contributed by atoms with Gasteiger partial charge in [0.2, 0.25) is 0 Å². The molecule has 1 amide bonds. The van der Waals surface area contributed by atoms with Crippen molar-refractivity contribution in [3.8, 4) is 0 Å². The summed E-state index contributed by atoms with van der Waals surface area (Å²) in [5.41, 5.74) is 3.75.